The van der Waals surface area contributed by atoms with Crippen molar-refractivity contribution in [2.75, 3.05) is 24.3 Å². The first-order valence-corrected chi connectivity index (χ1v) is 10.7. The van der Waals surface area contributed by atoms with Gasteiger partial charge < -0.3 is 14.8 Å². The van der Waals surface area contributed by atoms with Gasteiger partial charge in [-0.1, -0.05) is 19.1 Å². The van der Waals surface area contributed by atoms with Crippen LogP contribution >= 0.6 is 23.1 Å². The molecule has 0 unspecified atom stereocenters. The zero-order valence-corrected chi connectivity index (χ0v) is 17.9. The number of carbonyl (C=O) groups is 3. The molecule has 28 heavy (non-hydrogen) atoms. The molecule has 1 N–H and O–H groups in total. The van der Waals surface area contributed by atoms with E-state index < -0.39 is 11.9 Å². The van der Waals surface area contributed by atoms with E-state index in [4.69, 9.17) is 9.47 Å². The number of hydrogen-bond acceptors (Lipinski definition) is 7. The molecule has 8 heteroatoms. The topological polar surface area (TPSA) is 81.7 Å². The molecule has 1 heterocycles. The highest BCUT2D eigenvalue weighted by Gasteiger charge is 2.27. The second-order valence-electron chi connectivity index (χ2n) is 5.58. The van der Waals surface area contributed by atoms with Crippen molar-refractivity contribution >= 4 is 45.9 Å². The Labute approximate surface area is 172 Å². The molecular formula is C20H23NO5S2. The van der Waals surface area contributed by atoms with Gasteiger partial charge in [0.2, 0.25) is 0 Å². The lowest BCUT2D eigenvalue weighted by molar-refractivity contribution is 0.0527. The molecule has 0 saturated heterocycles. The van der Waals surface area contributed by atoms with Gasteiger partial charge >= 0.3 is 11.9 Å². The normalized spacial score (nSPS) is 10.4. The van der Waals surface area contributed by atoms with E-state index >= 15 is 0 Å². The van der Waals surface area contributed by atoms with Crippen molar-refractivity contribution in [3.8, 4) is 0 Å². The molecule has 1 amide bonds. The van der Waals surface area contributed by atoms with Crippen LogP contribution in [0.1, 0.15) is 56.7 Å². The fourth-order valence-corrected chi connectivity index (χ4v) is 4.43. The molecule has 0 atom stereocenters. The average Bonchev–Trinajstić information content (AvgIpc) is 2.99. The Morgan fingerprint density at radius 2 is 1.68 bits per heavy atom. The molecule has 0 aliphatic carbocycles. The van der Waals surface area contributed by atoms with Crippen LogP contribution in [-0.4, -0.2) is 36.8 Å². The Morgan fingerprint density at radius 3 is 2.32 bits per heavy atom. The Morgan fingerprint density at radius 1 is 1.04 bits per heavy atom. The summed E-state index contributed by atoms with van der Waals surface area (Å²) >= 11 is 2.57. The van der Waals surface area contributed by atoms with Crippen LogP contribution in [0.3, 0.4) is 0 Å². The molecule has 0 radical (unpaired) electrons. The van der Waals surface area contributed by atoms with Gasteiger partial charge in [-0.25, -0.2) is 9.59 Å². The number of ether oxygens (including phenoxy) is 2. The summed E-state index contributed by atoms with van der Waals surface area (Å²) in [6.07, 6.45) is 0. The van der Waals surface area contributed by atoms with Gasteiger partial charge in [0.05, 0.1) is 24.3 Å². The average molecular weight is 422 g/mol. The van der Waals surface area contributed by atoms with Gasteiger partial charge in [0.1, 0.15) is 9.88 Å². The van der Waals surface area contributed by atoms with E-state index in [1.165, 1.54) is 0 Å². The molecule has 0 aliphatic heterocycles. The zero-order valence-electron chi connectivity index (χ0n) is 16.3. The number of amides is 1. The van der Waals surface area contributed by atoms with Crippen molar-refractivity contribution in [1.29, 1.82) is 0 Å². The third kappa shape index (κ3) is 4.94. The number of anilines is 1. The fraction of sp³-hybridized carbons (Fsp3) is 0.350. The number of esters is 2. The number of carbonyl (C=O) groups excluding carboxylic acids is 3. The van der Waals surface area contributed by atoms with Crippen LogP contribution in [0.2, 0.25) is 0 Å². The van der Waals surface area contributed by atoms with Gasteiger partial charge in [-0.05, 0) is 44.2 Å². The third-order valence-electron chi connectivity index (χ3n) is 3.75. The summed E-state index contributed by atoms with van der Waals surface area (Å²) in [5.74, 6) is -0.640. The monoisotopic (exact) mass is 421 g/mol. The summed E-state index contributed by atoms with van der Waals surface area (Å²) in [5, 5.41) is 3.06. The van der Waals surface area contributed by atoms with Crippen molar-refractivity contribution < 1.29 is 23.9 Å². The first-order valence-electron chi connectivity index (χ1n) is 8.95. The Kier molecular flexibility index (Phi) is 8.07. The maximum absolute atomic E-state index is 12.9. The molecule has 0 saturated carbocycles. The lowest BCUT2D eigenvalue weighted by atomic mass is 10.1. The van der Waals surface area contributed by atoms with Crippen LogP contribution in [0.4, 0.5) is 5.00 Å². The SMILES string of the molecule is CCOC(=O)c1sc(NC(=O)c2ccccc2SCC)c(C(=O)OCC)c1C. The van der Waals surface area contributed by atoms with Crippen LogP contribution in [0, 0.1) is 6.92 Å². The quantitative estimate of drug-likeness (QED) is 0.488. The smallest absolute Gasteiger partial charge is 0.348 e. The van der Waals surface area contributed by atoms with E-state index in [2.05, 4.69) is 5.32 Å². The largest absolute Gasteiger partial charge is 0.462 e. The molecule has 2 aromatic rings. The van der Waals surface area contributed by atoms with Crippen LogP contribution in [0.5, 0.6) is 0 Å². The molecule has 1 aromatic carbocycles. The summed E-state index contributed by atoms with van der Waals surface area (Å²) in [6.45, 7) is 7.46. The van der Waals surface area contributed by atoms with Crippen LogP contribution < -0.4 is 5.32 Å². The first-order chi connectivity index (χ1) is 13.4. The van der Waals surface area contributed by atoms with E-state index in [-0.39, 0.29) is 34.6 Å². The zero-order chi connectivity index (χ0) is 20.7. The second kappa shape index (κ2) is 10.3. The molecule has 0 aliphatic rings. The lowest BCUT2D eigenvalue weighted by Gasteiger charge is -2.10. The van der Waals surface area contributed by atoms with Crippen LogP contribution in [0.25, 0.3) is 0 Å². The van der Waals surface area contributed by atoms with Crippen molar-refractivity contribution in [2.45, 2.75) is 32.6 Å². The molecular weight excluding hydrogens is 398 g/mol. The van der Waals surface area contributed by atoms with Gasteiger partial charge in [-0.2, -0.15) is 0 Å². The van der Waals surface area contributed by atoms with Gasteiger partial charge in [0, 0.05) is 4.90 Å². The molecule has 2 rings (SSSR count). The molecule has 6 nitrogen and oxygen atoms in total. The number of hydrogen-bond donors (Lipinski definition) is 1. The number of thioether (sulfide) groups is 1. The molecule has 1 aromatic heterocycles. The van der Waals surface area contributed by atoms with E-state index in [1.807, 2.05) is 19.1 Å². The fourth-order valence-electron chi connectivity index (χ4n) is 2.55. The van der Waals surface area contributed by atoms with Crippen LogP contribution in [-0.2, 0) is 9.47 Å². The number of nitrogens with one attached hydrogen (secondary N) is 1. The second-order valence-corrected chi connectivity index (χ2v) is 7.91. The number of benzene rings is 1. The predicted octanol–water partition coefficient (Wildman–Crippen LogP) is 4.77. The van der Waals surface area contributed by atoms with Crippen molar-refractivity contribution in [2.24, 2.45) is 0 Å². The van der Waals surface area contributed by atoms with E-state index in [0.717, 1.165) is 22.0 Å². The van der Waals surface area contributed by atoms with Crippen molar-refractivity contribution in [3.63, 3.8) is 0 Å². The predicted molar refractivity (Wildman–Crippen MR) is 112 cm³/mol. The molecule has 0 fully saturated rings. The molecule has 0 spiro atoms. The third-order valence-corrected chi connectivity index (χ3v) is 5.89. The molecule has 0 bridgehead atoms. The van der Waals surface area contributed by atoms with Crippen molar-refractivity contribution in [1.82, 2.24) is 0 Å². The Bertz CT molecular complexity index is 875. The Balaban J connectivity index is 2.43. The van der Waals surface area contributed by atoms with Crippen molar-refractivity contribution in [3.05, 3.63) is 45.8 Å². The summed E-state index contributed by atoms with van der Waals surface area (Å²) in [4.78, 5) is 38.7. The standard InChI is InChI=1S/C20H23NO5S2/c1-5-25-19(23)15-12(4)16(20(24)26-6-2)28-18(15)21-17(22)13-10-8-9-11-14(13)27-7-3/h8-11H,5-7H2,1-4H3,(H,21,22). The maximum Gasteiger partial charge on any atom is 0.348 e. The van der Waals surface area contributed by atoms with Gasteiger partial charge in [0.15, 0.2) is 0 Å². The highest BCUT2D eigenvalue weighted by atomic mass is 32.2. The van der Waals surface area contributed by atoms with E-state index in [9.17, 15) is 14.4 Å². The maximum atomic E-state index is 12.9. The van der Waals surface area contributed by atoms with E-state index in [0.29, 0.717) is 11.1 Å². The van der Waals surface area contributed by atoms with Gasteiger partial charge in [0.25, 0.3) is 5.91 Å². The highest BCUT2D eigenvalue weighted by molar-refractivity contribution is 7.99. The minimum Gasteiger partial charge on any atom is -0.462 e. The highest BCUT2D eigenvalue weighted by Crippen LogP contribution is 2.35. The lowest BCUT2D eigenvalue weighted by Crippen LogP contribution is -2.15. The summed E-state index contributed by atoms with van der Waals surface area (Å²) in [6, 6.07) is 7.25. The minimum absolute atomic E-state index is 0.184. The summed E-state index contributed by atoms with van der Waals surface area (Å²) in [7, 11) is 0. The Hall–Kier alpha value is -2.32. The van der Waals surface area contributed by atoms with Gasteiger partial charge in [-0.3, -0.25) is 4.79 Å². The number of thiophene rings is 1. The summed E-state index contributed by atoms with van der Waals surface area (Å²) in [5.41, 5.74) is 1.13. The molecule has 150 valence electrons. The first kappa shape index (κ1) is 22.0. The van der Waals surface area contributed by atoms with Crippen LogP contribution in [0.15, 0.2) is 29.2 Å². The van der Waals surface area contributed by atoms with E-state index in [1.54, 1.807) is 44.7 Å². The summed E-state index contributed by atoms with van der Waals surface area (Å²) < 4.78 is 10.2. The number of rotatable bonds is 8. The van der Waals surface area contributed by atoms with Gasteiger partial charge in [-0.15, -0.1) is 23.1 Å². The minimum atomic E-state index is -0.585.